The van der Waals surface area contributed by atoms with Gasteiger partial charge in [-0.2, -0.15) is 10.1 Å². The smallest absolute Gasteiger partial charge is 0.248 e. The lowest BCUT2D eigenvalue weighted by atomic mass is 10.0. The standard InChI is InChI=1S/C14H15N5O/c1-10-3-4-12(11(2)5-10)6-13-17-14(20-18-13)7-19-9-15-8-16-19/h3-5,8-9H,6-7H2,1-2H3. The molecule has 6 heteroatoms. The molecule has 0 N–H and O–H groups in total. The summed E-state index contributed by atoms with van der Waals surface area (Å²) in [5.41, 5.74) is 3.71. The van der Waals surface area contributed by atoms with Crippen molar-refractivity contribution in [3.63, 3.8) is 0 Å². The summed E-state index contributed by atoms with van der Waals surface area (Å²) in [6.45, 7) is 4.62. The van der Waals surface area contributed by atoms with Crippen LogP contribution in [0.1, 0.15) is 28.4 Å². The first-order valence-electron chi connectivity index (χ1n) is 6.41. The molecule has 0 radical (unpaired) electrons. The quantitative estimate of drug-likeness (QED) is 0.723. The van der Waals surface area contributed by atoms with Crippen molar-refractivity contribution in [2.75, 3.05) is 0 Å². The van der Waals surface area contributed by atoms with E-state index >= 15 is 0 Å². The summed E-state index contributed by atoms with van der Waals surface area (Å²) in [5.74, 6) is 1.22. The third kappa shape index (κ3) is 2.74. The molecule has 3 rings (SSSR count). The molecule has 0 aliphatic carbocycles. The van der Waals surface area contributed by atoms with Gasteiger partial charge in [0, 0.05) is 6.42 Å². The maximum Gasteiger partial charge on any atom is 0.248 e. The molecule has 0 aliphatic rings. The molecule has 0 saturated carbocycles. The average molecular weight is 269 g/mol. The first-order valence-corrected chi connectivity index (χ1v) is 6.41. The molecular weight excluding hydrogens is 254 g/mol. The summed E-state index contributed by atoms with van der Waals surface area (Å²) in [4.78, 5) is 8.25. The van der Waals surface area contributed by atoms with Gasteiger partial charge in [-0.15, -0.1) is 0 Å². The molecule has 0 aliphatic heterocycles. The fourth-order valence-electron chi connectivity index (χ4n) is 2.09. The zero-order chi connectivity index (χ0) is 13.9. The van der Waals surface area contributed by atoms with Crippen LogP contribution in [-0.4, -0.2) is 24.9 Å². The Morgan fingerprint density at radius 1 is 1.25 bits per heavy atom. The predicted octanol–water partition coefficient (Wildman–Crippen LogP) is 1.92. The van der Waals surface area contributed by atoms with Crippen molar-refractivity contribution in [1.82, 2.24) is 24.9 Å². The van der Waals surface area contributed by atoms with Crippen molar-refractivity contribution >= 4 is 0 Å². The highest BCUT2D eigenvalue weighted by molar-refractivity contribution is 5.32. The lowest BCUT2D eigenvalue weighted by Crippen LogP contribution is -2.00. The first kappa shape index (κ1) is 12.5. The largest absolute Gasteiger partial charge is 0.337 e. The fourth-order valence-corrected chi connectivity index (χ4v) is 2.09. The van der Waals surface area contributed by atoms with Gasteiger partial charge in [0.2, 0.25) is 5.89 Å². The van der Waals surface area contributed by atoms with E-state index in [1.165, 1.54) is 23.0 Å². The lowest BCUT2D eigenvalue weighted by molar-refractivity contribution is 0.361. The van der Waals surface area contributed by atoms with E-state index in [2.05, 4.69) is 52.3 Å². The second-order valence-electron chi connectivity index (χ2n) is 4.80. The molecule has 6 nitrogen and oxygen atoms in total. The number of nitrogens with zero attached hydrogens (tertiary/aromatic N) is 5. The Labute approximate surface area is 116 Å². The van der Waals surface area contributed by atoms with Crippen LogP contribution in [0.5, 0.6) is 0 Å². The molecule has 0 atom stereocenters. The van der Waals surface area contributed by atoms with Crippen LogP contribution >= 0.6 is 0 Å². The summed E-state index contributed by atoms with van der Waals surface area (Å²) in [6, 6.07) is 6.36. The van der Waals surface area contributed by atoms with Gasteiger partial charge in [-0.05, 0) is 25.0 Å². The Hall–Kier alpha value is -2.50. The Kier molecular flexibility index (Phi) is 3.28. The van der Waals surface area contributed by atoms with Gasteiger partial charge in [-0.1, -0.05) is 28.9 Å². The van der Waals surface area contributed by atoms with Crippen molar-refractivity contribution in [2.24, 2.45) is 0 Å². The van der Waals surface area contributed by atoms with E-state index < -0.39 is 0 Å². The van der Waals surface area contributed by atoms with Crippen LogP contribution in [0.4, 0.5) is 0 Å². The zero-order valence-corrected chi connectivity index (χ0v) is 11.4. The molecule has 0 fully saturated rings. The van der Waals surface area contributed by atoms with Crippen molar-refractivity contribution in [1.29, 1.82) is 0 Å². The number of hydrogen-bond donors (Lipinski definition) is 0. The Bertz CT molecular complexity index is 702. The monoisotopic (exact) mass is 269 g/mol. The molecule has 20 heavy (non-hydrogen) atoms. The second-order valence-corrected chi connectivity index (χ2v) is 4.80. The van der Waals surface area contributed by atoms with Crippen molar-refractivity contribution in [3.8, 4) is 0 Å². The third-order valence-corrected chi connectivity index (χ3v) is 3.12. The molecule has 1 aromatic carbocycles. The highest BCUT2D eigenvalue weighted by Crippen LogP contribution is 2.14. The number of hydrogen-bond acceptors (Lipinski definition) is 5. The van der Waals surface area contributed by atoms with Gasteiger partial charge in [0.1, 0.15) is 19.2 Å². The predicted molar refractivity (Wildman–Crippen MR) is 72.1 cm³/mol. The van der Waals surface area contributed by atoms with Gasteiger partial charge in [-0.25, -0.2) is 9.67 Å². The lowest BCUT2D eigenvalue weighted by Gasteiger charge is -2.03. The van der Waals surface area contributed by atoms with E-state index in [-0.39, 0.29) is 0 Å². The summed E-state index contributed by atoms with van der Waals surface area (Å²) in [5, 5.41) is 8.01. The van der Waals surface area contributed by atoms with E-state index in [1.54, 1.807) is 11.0 Å². The van der Waals surface area contributed by atoms with Crippen LogP contribution in [0.15, 0.2) is 35.4 Å². The van der Waals surface area contributed by atoms with Crippen LogP contribution < -0.4 is 0 Å². The maximum atomic E-state index is 5.22. The van der Waals surface area contributed by atoms with Crippen molar-refractivity contribution in [2.45, 2.75) is 26.8 Å². The fraction of sp³-hybridized carbons (Fsp3) is 0.286. The van der Waals surface area contributed by atoms with Crippen LogP contribution in [-0.2, 0) is 13.0 Å². The minimum atomic E-state index is 0.444. The minimum absolute atomic E-state index is 0.444. The van der Waals surface area contributed by atoms with Gasteiger partial charge < -0.3 is 4.52 Å². The molecule has 102 valence electrons. The zero-order valence-electron chi connectivity index (χ0n) is 11.4. The van der Waals surface area contributed by atoms with E-state index in [9.17, 15) is 0 Å². The third-order valence-electron chi connectivity index (χ3n) is 3.12. The van der Waals surface area contributed by atoms with E-state index in [1.807, 2.05) is 0 Å². The molecule has 0 unspecified atom stereocenters. The minimum Gasteiger partial charge on any atom is -0.337 e. The maximum absolute atomic E-state index is 5.22. The summed E-state index contributed by atoms with van der Waals surface area (Å²) >= 11 is 0. The molecule has 0 spiro atoms. The summed E-state index contributed by atoms with van der Waals surface area (Å²) in [6.07, 6.45) is 3.77. The number of aryl methyl sites for hydroxylation is 2. The highest BCUT2D eigenvalue weighted by atomic mass is 16.5. The van der Waals surface area contributed by atoms with E-state index in [4.69, 9.17) is 4.52 Å². The van der Waals surface area contributed by atoms with Gasteiger partial charge in [0.25, 0.3) is 0 Å². The molecule has 0 amide bonds. The Morgan fingerprint density at radius 2 is 2.15 bits per heavy atom. The van der Waals surface area contributed by atoms with E-state index in [0.717, 1.165) is 0 Å². The molecule has 0 saturated heterocycles. The number of benzene rings is 1. The number of aromatic nitrogens is 5. The Morgan fingerprint density at radius 3 is 2.90 bits per heavy atom. The number of rotatable bonds is 4. The average Bonchev–Trinajstić information content (AvgIpc) is 3.06. The normalized spacial score (nSPS) is 10.9. The Balaban J connectivity index is 1.73. The van der Waals surface area contributed by atoms with Crippen molar-refractivity contribution < 1.29 is 4.52 Å². The summed E-state index contributed by atoms with van der Waals surface area (Å²) < 4.78 is 6.87. The summed E-state index contributed by atoms with van der Waals surface area (Å²) in [7, 11) is 0. The molecule has 2 aromatic heterocycles. The van der Waals surface area contributed by atoms with Gasteiger partial charge in [0.15, 0.2) is 5.82 Å². The van der Waals surface area contributed by atoms with Crippen LogP contribution in [0.25, 0.3) is 0 Å². The van der Waals surface area contributed by atoms with Crippen LogP contribution in [0.3, 0.4) is 0 Å². The molecule has 0 bridgehead atoms. The van der Waals surface area contributed by atoms with Crippen LogP contribution in [0.2, 0.25) is 0 Å². The second kappa shape index (κ2) is 5.24. The topological polar surface area (TPSA) is 69.6 Å². The highest BCUT2D eigenvalue weighted by Gasteiger charge is 2.09. The molecular formula is C14H15N5O. The van der Waals surface area contributed by atoms with Gasteiger partial charge in [0.05, 0.1) is 0 Å². The van der Waals surface area contributed by atoms with Crippen LogP contribution in [0, 0.1) is 13.8 Å². The van der Waals surface area contributed by atoms with Crippen molar-refractivity contribution in [3.05, 3.63) is 59.3 Å². The van der Waals surface area contributed by atoms with Gasteiger partial charge >= 0.3 is 0 Å². The van der Waals surface area contributed by atoms with E-state index in [0.29, 0.717) is 24.7 Å². The molecule has 3 aromatic rings. The van der Waals surface area contributed by atoms with Gasteiger partial charge in [-0.3, -0.25) is 0 Å². The first-order chi connectivity index (χ1) is 9.70. The SMILES string of the molecule is Cc1ccc(Cc2noc(Cn3cncn3)n2)c(C)c1. The molecule has 2 heterocycles.